The van der Waals surface area contributed by atoms with Crippen molar-refractivity contribution in [1.82, 2.24) is 0 Å². The summed E-state index contributed by atoms with van der Waals surface area (Å²) >= 11 is 0. The van der Waals surface area contributed by atoms with Crippen LogP contribution in [-0.4, -0.2) is 29.1 Å². The number of carbonyl (C=O) groups excluding carboxylic acids is 1. The lowest BCUT2D eigenvalue weighted by molar-refractivity contribution is -0.131. The number of halogens is 1. The Morgan fingerprint density at radius 3 is 2.47 bits per heavy atom. The van der Waals surface area contributed by atoms with Gasteiger partial charge in [-0.3, -0.25) is 4.79 Å². The average molecular weight is 214 g/mol. The number of carbonyl (C=O) groups is 2. The number of Topliss-reactive ketones (excluding diaryl/α,β-unsaturated/α-hetero) is 1. The zero-order chi connectivity index (χ0) is 11.6. The minimum absolute atomic E-state index is 0.172. The first-order chi connectivity index (χ1) is 6.99. The zero-order valence-corrected chi connectivity index (χ0v) is 7.65. The highest BCUT2D eigenvalue weighted by atomic mass is 19.1. The number of ether oxygens (including phenoxy) is 1. The molecule has 0 saturated carbocycles. The number of ketones is 1. The summed E-state index contributed by atoms with van der Waals surface area (Å²) in [4.78, 5) is 21.2. The quantitative estimate of drug-likeness (QED) is 0.574. The van der Waals surface area contributed by atoms with Crippen LogP contribution >= 0.6 is 0 Å². The summed E-state index contributed by atoms with van der Waals surface area (Å²) in [7, 11) is 1.20. The van der Waals surface area contributed by atoms with E-state index in [1.807, 2.05) is 0 Å². The monoisotopic (exact) mass is 214 g/mol. The highest BCUT2D eigenvalue weighted by Crippen LogP contribution is 2.30. The Morgan fingerprint density at radius 1 is 1.40 bits per heavy atom. The molecular weight excluding hydrogens is 207 g/mol. The Hall–Kier alpha value is -2.11. The second-order valence-corrected chi connectivity index (χ2v) is 2.61. The number of benzene rings is 1. The van der Waals surface area contributed by atoms with E-state index in [4.69, 9.17) is 10.2 Å². The van der Waals surface area contributed by atoms with Gasteiger partial charge in [0.25, 0.3) is 5.78 Å². The van der Waals surface area contributed by atoms with E-state index in [0.29, 0.717) is 0 Å². The standard InChI is InChI=1S/C9H7FO5/c1-15-5-3-2-4(6(10)8(5)12)7(11)9(13)14/h2-3,12H,1H3,(H,13,14). The van der Waals surface area contributed by atoms with Crippen molar-refractivity contribution < 1.29 is 28.9 Å². The van der Waals surface area contributed by atoms with Gasteiger partial charge in [0.15, 0.2) is 17.3 Å². The van der Waals surface area contributed by atoms with Gasteiger partial charge in [-0.25, -0.2) is 9.18 Å². The van der Waals surface area contributed by atoms with Crippen LogP contribution in [-0.2, 0) is 4.79 Å². The van der Waals surface area contributed by atoms with Gasteiger partial charge < -0.3 is 14.9 Å². The summed E-state index contributed by atoms with van der Waals surface area (Å²) in [5, 5.41) is 17.5. The fraction of sp³-hybridized carbons (Fsp3) is 0.111. The van der Waals surface area contributed by atoms with Gasteiger partial charge in [0.2, 0.25) is 0 Å². The molecule has 1 rings (SSSR count). The van der Waals surface area contributed by atoms with E-state index in [1.54, 1.807) is 0 Å². The Balaban J connectivity index is 3.29. The van der Waals surface area contributed by atoms with Gasteiger partial charge in [0.05, 0.1) is 12.7 Å². The van der Waals surface area contributed by atoms with Crippen LogP contribution in [0.5, 0.6) is 11.5 Å². The summed E-state index contributed by atoms with van der Waals surface area (Å²) < 4.78 is 17.8. The van der Waals surface area contributed by atoms with E-state index >= 15 is 0 Å². The van der Waals surface area contributed by atoms with Gasteiger partial charge in [-0.05, 0) is 12.1 Å². The summed E-state index contributed by atoms with van der Waals surface area (Å²) in [6.45, 7) is 0. The van der Waals surface area contributed by atoms with Crippen LogP contribution in [0.3, 0.4) is 0 Å². The molecule has 2 N–H and O–H groups in total. The van der Waals surface area contributed by atoms with Crippen LogP contribution in [0.4, 0.5) is 4.39 Å². The third-order valence-corrected chi connectivity index (χ3v) is 1.74. The molecule has 0 aliphatic rings. The molecule has 0 atom stereocenters. The lowest BCUT2D eigenvalue weighted by Crippen LogP contribution is -2.14. The molecule has 1 aromatic carbocycles. The molecule has 15 heavy (non-hydrogen) atoms. The van der Waals surface area contributed by atoms with Crippen molar-refractivity contribution >= 4 is 11.8 Å². The molecule has 0 bridgehead atoms. The van der Waals surface area contributed by atoms with Gasteiger partial charge in [0, 0.05) is 0 Å². The number of hydrogen-bond acceptors (Lipinski definition) is 4. The number of phenolic OH excluding ortho intramolecular Hbond substituents is 1. The van der Waals surface area contributed by atoms with E-state index in [9.17, 15) is 14.0 Å². The molecule has 0 amide bonds. The third kappa shape index (κ3) is 1.88. The Labute approximate surface area is 83.7 Å². The van der Waals surface area contributed by atoms with Crippen molar-refractivity contribution in [3.63, 3.8) is 0 Å². The predicted molar refractivity (Wildman–Crippen MR) is 46.6 cm³/mol. The van der Waals surface area contributed by atoms with Crippen molar-refractivity contribution in [3.8, 4) is 11.5 Å². The topological polar surface area (TPSA) is 83.8 Å². The maximum absolute atomic E-state index is 13.2. The third-order valence-electron chi connectivity index (χ3n) is 1.74. The number of aliphatic carboxylic acids is 1. The van der Waals surface area contributed by atoms with Gasteiger partial charge >= 0.3 is 5.97 Å². The molecule has 0 spiro atoms. The molecule has 0 fully saturated rings. The largest absolute Gasteiger partial charge is 0.502 e. The number of aromatic hydroxyl groups is 1. The van der Waals surface area contributed by atoms with Crippen molar-refractivity contribution in [1.29, 1.82) is 0 Å². The minimum atomic E-state index is -1.79. The Morgan fingerprint density at radius 2 is 2.00 bits per heavy atom. The molecule has 6 heteroatoms. The fourth-order valence-electron chi connectivity index (χ4n) is 1.00. The predicted octanol–water partition coefficient (Wildman–Crippen LogP) is 0.807. The van der Waals surface area contributed by atoms with Crippen molar-refractivity contribution in [2.24, 2.45) is 0 Å². The van der Waals surface area contributed by atoms with Crippen LogP contribution in [0.2, 0.25) is 0 Å². The number of methoxy groups -OCH3 is 1. The molecule has 1 aromatic rings. The van der Waals surface area contributed by atoms with E-state index in [-0.39, 0.29) is 5.75 Å². The van der Waals surface area contributed by atoms with Gasteiger partial charge in [-0.2, -0.15) is 0 Å². The highest BCUT2D eigenvalue weighted by molar-refractivity contribution is 6.40. The number of carboxylic acids is 1. The smallest absolute Gasteiger partial charge is 0.377 e. The molecule has 5 nitrogen and oxygen atoms in total. The molecule has 0 radical (unpaired) electrons. The van der Waals surface area contributed by atoms with Crippen LogP contribution < -0.4 is 4.74 Å². The average Bonchev–Trinajstić information content (AvgIpc) is 2.21. The van der Waals surface area contributed by atoms with Crippen molar-refractivity contribution in [2.75, 3.05) is 7.11 Å². The molecule has 0 saturated heterocycles. The maximum atomic E-state index is 13.2. The van der Waals surface area contributed by atoms with E-state index < -0.39 is 28.9 Å². The molecule has 80 valence electrons. The fourth-order valence-corrected chi connectivity index (χ4v) is 1.00. The van der Waals surface area contributed by atoms with E-state index in [2.05, 4.69) is 4.74 Å². The van der Waals surface area contributed by atoms with Gasteiger partial charge in [0.1, 0.15) is 0 Å². The van der Waals surface area contributed by atoms with E-state index in [1.165, 1.54) is 7.11 Å². The van der Waals surface area contributed by atoms with Crippen LogP contribution in [0.15, 0.2) is 12.1 Å². The molecule has 0 heterocycles. The molecule has 0 aliphatic carbocycles. The van der Waals surface area contributed by atoms with Crippen molar-refractivity contribution in [3.05, 3.63) is 23.5 Å². The number of carboxylic acid groups (broad SMARTS) is 1. The van der Waals surface area contributed by atoms with Gasteiger partial charge in [-0.15, -0.1) is 0 Å². The molecular formula is C9H7FO5. The molecule has 0 aromatic heterocycles. The number of rotatable bonds is 3. The summed E-state index contributed by atoms with van der Waals surface area (Å²) in [6, 6.07) is 2.04. The Bertz CT molecular complexity index is 427. The zero-order valence-electron chi connectivity index (χ0n) is 7.65. The lowest BCUT2D eigenvalue weighted by Gasteiger charge is -2.05. The normalized spacial score (nSPS) is 9.73. The van der Waals surface area contributed by atoms with Gasteiger partial charge in [-0.1, -0.05) is 0 Å². The molecule has 0 unspecified atom stereocenters. The number of hydrogen-bond donors (Lipinski definition) is 2. The minimum Gasteiger partial charge on any atom is -0.502 e. The first kappa shape index (κ1) is 11.0. The first-order valence-electron chi connectivity index (χ1n) is 3.82. The van der Waals surface area contributed by atoms with Crippen LogP contribution in [0.1, 0.15) is 10.4 Å². The SMILES string of the molecule is COc1ccc(C(=O)C(=O)O)c(F)c1O. The summed E-state index contributed by atoms with van der Waals surface area (Å²) in [6.07, 6.45) is 0. The number of phenols is 1. The second-order valence-electron chi connectivity index (χ2n) is 2.61. The Kier molecular flexibility index (Phi) is 2.89. The van der Waals surface area contributed by atoms with Crippen LogP contribution in [0, 0.1) is 5.82 Å². The van der Waals surface area contributed by atoms with Crippen LogP contribution in [0.25, 0.3) is 0 Å². The summed E-state index contributed by atoms with van der Waals surface area (Å²) in [5.74, 6) is -5.58. The highest BCUT2D eigenvalue weighted by Gasteiger charge is 2.22. The lowest BCUT2D eigenvalue weighted by atomic mass is 10.1. The maximum Gasteiger partial charge on any atom is 0.377 e. The van der Waals surface area contributed by atoms with Crippen molar-refractivity contribution in [2.45, 2.75) is 0 Å². The van der Waals surface area contributed by atoms with E-state index in [0.717, 1.165) is 12.1 Å². The molecule has 0 aliphatic heterocycles. The second kappa shape index (κ2) is 3.95. The summed E-state index contributed by atoms with van der Waals surface area (Å²) in [5.41, 5.74) is -0.708. The first-order valence-corrected chi connectivity index (χ1v) is 3.82.